The van der Waals surface area contributed by atoms with Crippen LogP contribution < -0.4 is 19.5 Å². The first-order valence-electron chi connectivity index (χ1n) is 8.97. The second kappa shape index (κ2) is 8.13. The molecule has 0 spiro atoms. The summed E-state index contributed by atoms with van der Waals surface area (Å²) in [5.74, 6) is 2.04. The lowest BCUT2D eigenvalue weighted by Gasteiger charge is -2.27. The van der Waals surface area contributed by atoms with E-state index in [1.165, 1.54) is 5.56 Å². The van der Waals surface area contributed by atoms with E-state index < -0.39 is 6.10 Å². The van der Waals surface area contributed by atoms with Crippen LogP contribution in [0.25, 0.3) is 0 Å². The number of nitrogens with one attached hydrogen (secondary N) is 1. The predicted molar refractivity (Wildman–Crippen MR) is 100.0 cm³/mol. The number of carbonyl (C=O) groups is 1. The summed E-state index contributed by atoms with van der Waals surface area (Å²) < 4.78 is 17.5. The van der Waals surface area contributed by atoms with Crippen LogP contribution in [0.1, 0.15) is 24.5 Å². The molecule has 2 atom stereocenters. The topological polar surface area (TPSA) is 56.8 Å². The summed E-state index contributed by atoms with van der Waals surface area (Å²) in [5, 5.41) is 2.92. The van der Waals surface area contributed by atoms with E-state index in [-0.39, 0.29) is 12.0 Å². The van der Waals surface area contributed by atoms with Crippen LogP contribution in [0.3, 0.4) is 0 Å². The van der Waals surface area contributed by atoms with Gasteiger partial charge < -0.3 is 19.5 Å². The SMILES string of the molecule is CC[C@@H](Oc1ccc(C)cc1C)C(=O)NC[C@H]1COc2ccccc2O1. The van der Waals surface area contributed by atoms with Crippen molar-refractivity contribution in [1.82, 2.24) is 5.32 Å². The summed E-state index contributed by atoms with van der Waals surface area (Å²) in [5.41, 5.74) is 2.19. The fourth-order valence-electron chi connectivity index (χ4n) is 2.90. The summed E-state index contributed by atoms with van der Waals surface area (Å²) in [7, 11) is 0. The molecule has 1 aliphatic rings. The maximum absolute atomic E-state index is 12.5. The Morgan fingerprint density at radius 2 is 2.00 bits per heavy atom. The van der Waals surface area contributed by atoms with Crippen LogP contribution in [0.15, 0.2) is 42.5 Å². The van der Waals surface area contributed by atoms with E-state index in [4.69, 9.17) is 14.2 Å². The molecule has 5 heteroatoms. The zero-order valence-corrected chi connectivity index (χ0v) is 15.5. The van der Waals surface area contributed by atoms with Gasteiger partial charge in [-0.2, -0.15) is 0 Å². The minimum absolute atomic E-state index is 0.144. The van der Waals surface area contributed by atoms with Crippen molar-refractivity contribution in [2.24, 2.45) is 0 Å². The standard InChI is InChI=1S/C21H25NO4/c1-4-17(26-18-10-9-14(2)11-15(18)3)21(23)22-12-16-13-24-19-7-5-6-8-20(19)25-16/h5-11,16-17H,4,12-13H2,1-3H3,(H,22,23)/t16-,17+/m0/s1. The van der Waals surface area contributed by atoms with E-state index in [1.807, 2.05) is 63.2 Å². The van der Waals surface area contributed by atoms with Crippen molar-refractivity contribution in [2.75, 3.05) is 13.2 Å². The number of para-hydroxylation sites is 2. The van der Waals surface area contributed by atoms with Gasteiger partial charge in [-0.05, 0) is 44.0 Å². The van der Waals surface area contributed by atoms with Gasteiger partial charge in [-0.1, -0.05) is 36.8 Å². The third kappa shape index (κ3) is 4.28. The first-order chi connectivity index (χ1) is 12.6. The molecule has 0 radical (unpaired) electrons. The minimum atomic E-state index is -0.534. The molecule has 0 unspecified atom stereocenters. The number of amides is 1. The van der Waals surface area contributed by atoms with Crippen molar-refractivity contribution in [3.63, 3.8) is 0 Å². The van der Waals surface area contributed by atoms with Crippen molar-refractivity contribution in [1.29, 1.82) is 0 Å². The molecule has 3 rings (SSSR count). The van der Waals surface area contributed by atoms with Crippen molar-refractivity contribution in [3.05, 3.63) is 53.6 Å². The summed E-state index contributed by atoms with van der Waals surface area (Å²) in [6.45, 7) is 6.74. The average molecular weight is 355 g/mol. The van der Waals surface area contributed by atoms with E-state index in [0.717, 1.165) is 17.1 Å². The number of benzene rings is 2. The van der Waals surface area contributed by atoms with E-state index in [2.05, 4.69) is 5.32 Å². The highest BCUT2D eigenvalue weighted by molar-refractivity contribution is 5.81. The number of hydrogen-bond donors (Lipinski definition) is 1. The maximum Gasteiger partial charge on any atom is 0.261 e. The van der Waals surface area contributed by atoms with E-state index in [9.17, 15) is 4.79 Å². The second-order valence-corrected chi connectivity index (χ2v) is 6.53. The highest BCUT2D eigenvalue weighted by Gasteiger charge is 2.24. The van der Waals surface area contributed by atoms with Gasteiger partial charge >= 0.3 is 0 Å². The molecule has 0 bridgehead atoms. The monoisotopic (exact) mass is 355 g/mol. The molecule has 0 saturated heterocycles. The Morgan fingerprint density at radius 1 is 1.23 bits per heavy atom. The number of ether oxygens (including phenoxy) is 3. The molecular weight excluding hydrogens is 330 g/mol. The molecule has 0 aliphatic carbocycles. The number of aryl methyl sites for hydroxylation is 2. The van der Waals surface area contributed by atoms with Gasteiger partial charge in [-0.25, -0.2) is 0 Å². The van der Waals surface area contributed by atoms with Gasteiger partial charge in [0.15, 0.2) is 17.6 Å². The Balaban J connectivity index is 1.55. The second-order valence-electron chi connectivity index (χ2n) is 6.53. The van der Waals surface area contributed by atoms with Crippen LogP contribution in [0.4, 0.5) is 0 Å². The third-order valence-electron chi connectivity index (χ3n) is 4.33. The van der Waals surface area contributed by atoms with Crippen molar-refractivity contribution >= 4 is 5.91 Å². The Hall–Kier alpha value is -2.69. The lowest BCUT2D eigenvalue weighted by molar-refractivity contribution is -0.128. The summed E-state index contributed by atoms with van der Waals surface area (Å²) in [6.07, 6.45) is -0.162. The molecular formula is C21H25NO4. The van der Waals surface area contributed by atoms with Gasteiger partial charge in [0, 0.05) is 0 Å². The third-order valence-corrected chi connectivity index (χ3v) is 4.33. The summed E-state index contributed by atoms with van der Waals surface area (Å²) in [4.78, 5) is 12.5. The Bertz CT molecular complexity index is 774. The first kappa shape index (κ1) is 18.1. The maximum atomic E-state index is 12.5. The molecule has 1 N–H and O–H groups in total. The van der Waals surface area contributed by atoms with E-state index >= 15 is 0 Å². The Morgan fingerprint density at radius 3 is 2.73 bits per heavy atom. The lowest BCUT2D eigenvalue weighted by Crippen LogP contribution is -2.45. The van der Waals surface area contributed by atoms with Gasteiger partial charge in [0.05, 0.1) is 6.54 Å². The normalized spacial score (nSPS) is 16.7. The molecule has 0 saturated carbocycles. The summed E-state index contributed by atoms with van der Waals surface area (Å²) in [6, 6.07) is 13.5. The lowest BCUT2D eigenvalue weighted by atomic mass is 10.1. The van der Waals surface area contributed by atoms with E-state index in [1.54, 1.807) is 0 Å². The van der Waals surface area contributed by atoms with Crippen molar-refractivity contribution in [2.45, 2.75) is 39.4 Å². The number of rotatable bonds is 6. The first-order valence-corrected chi connectivity index (χ1v) is 8.97. The number of carbonyl (C=O) groups excluding carboxylic acids is 1. The van der Waals surface area contributed by atoms with Gasteiger partial charge in [-0.3, -0.25) is 4.79 Å². The molecule has 5 nitrogen and oxygen atoms in total. The number of hydrogen-bond acceptors (Lipinski definition) is 4. The zero-order chi connectivity index (χ0) is 18.5. The van der Waals surface area contributed by atoms with Crippen molar-refractivity contribution in [3.8, 4) is 17.2 Å². The highest BCUT2D eigenvalue weighted by atomic mass is 16.6. The van der Waals surface area contributed by atoms with Crippen LogP contribution in [0.2, 0.25) is 0 Å². The van der Waals surface area contributed by atoms with Crippen LogP contribution in [0, 0.1) is 13.8 Å². The summed E-state index contributed by atoms with van der Waals surface area (Å²) >= 11 is 0. The quantitative estimate of drug-likeness (QED) is 0.863. The molecule has 1 aliphatic heterocycles. The van der Waals surface area contributed by atoms with Crippen LogP contribution >= 0.6 is 0 Å². The smallest absolute Gasteiger partial charge is 0.261 e. The highest BCUT2D eigenvalue weighted by Crippen LogP contribution is 2.30. The van der Waals surface area contributed by atoms with Crippen LogP contribution in [0.5, 0.6) is 17.2 Å². The Kier molecular flexibility index (Phi) is 5.66. The largest absolute Gasteiger partial charge is 0.486 e. The molecule has 1 heterocycles. The Labute approximate surface area is 154 Å². The average Bonchev–Trinajstić information content (AvgIpc) is 2.65. The molecule has 2 aromatic carbocycles. The zero-order valence-electron chi connectivity index (χ0n) is 15.5. The predicted octanol–water partition coefficient (Wildman–Crippen LogP) is 3.42. The molecule has 0 fully saturated rings. The fraction of sp³-hybridized carbons (Fsp3) is 0.381. The van der Waals surface area contributed by atoms with Gasteiger partial charge in [0.25, 0.3) is 5.91 Å². The van der Waals surface area contributed by atoms with Gasteiger partial charge in [0.2, 0.25) is 0 Å². The van der Waals surface area contributed by atoms with Crippen LogP contribution in [-0.2, 0) is 4.79 Å². The molecule has 2 aromatic rings. The van der Waals surface area contributed by atoms with Gasteiger partial charge in [0.1, 0.15) is 18.5 Å². The van der Waals surface area contributed by atoms with Gasteiger partial charge in [-0.15, -0.1) is 0 Å². The van der Waals surface area contributed by atoms with E-state index in [0.29, 0.717) is 25.3 Å². The number of fused-ring (bicyclic) bond motifs is 1. The fourth-order valence-corrected chi connectivity index (χ4v) is 2.90. The molecule has 138 valence electrons. The molecule has 0 aromatic heterocycles. The minimum Gasteiger partial charge on any atom is -0.486 e. The molecule has 26 heavy (non-hydrogen) atoms. The van der Waals surface area contributed by atoms with Crippen LogP contribution in [-0.4, -0.2) is 31.3 Å². The van der Waals surface area contributed by atoms with Crippen molar-refractivity contribution < 1.29 is 19.0 Å². The molecule has 1 amide bonds.